The molecule has 4 aliphatic carbocycles. The lowest BCUT2D eigenvalue weighted by atomic mass is 9.63. The number of benzene rings is 3. The molecule has 222 valence electrons. The Hall–Kier alpha value is -3.79. The zero-order valence-electron chi connectivity index (χ0n) is 22.9. The van der Waals surface area contributed by atoms with Crippen molar-refractivity contribution in [2.24, 2.45) is 35.5 Å². The maximum absolute atomic E-state index is 13.9. The molecule has 5 aliphatic rings. The van der Waals surface area contributed by atoms with E-state index in [0.29, 0.717) is 17.4 Å². The second-order valence-electron chi connectivity index (χ2n) is 11.5. The van der Waals surface area contributed by atoms with Gasteiger partial charge in [-0.05, 0) is 96.8 Å². The van der Waals surface area contributed by atoms with Gasteiger partial charge in [0.15, 0.2) is 5.78 Å². The largest absolute Gasteiger partial charge is 0.423 e. The number of esters is 1. The van der Waals surface area contributed by atoms with Crippen molar-refractivity contribution in [2.75, 3.05) is 6.54 Å². The third kappa shape index (κ3) is 4.87. The lowest BCUT2D eigenvalue weighted by Crippen LogP contribution is -2.52. The summed E-state index contributed by atoms with van der Waals surface area (Å²) in [4.78, 5) is 67.7. The molecule has 0 N–H and O–H groups in total. The average Bonchev–Trinajstić information content (AvgIpc) is 3.80. The van der Waals surface area contributed by atoms with E-state index in [9.17, 15) is 24.0 Å². The average molecular weight is 694 g/mol. The van der Waals surface area contributed by atoms with E-state index < -0.39 is 47.9 Å². The first-order chi connectivity index (χ1) is 21.1. The molecular weight excluding hydrogens is 671 g/mol. The highest BCUT2D eigenvalue weighted by atomic mass is 79.9. The van der Waals surface area contributed by atoms with Crippen LogP contribution in [0.2, 0.25) is 10.0 Å². The highest BCUT2D eigenvalue weighted by Crippen LogP contribution is 2.65. The van der Waals surface area contributed by atoms with Gasteiger partial charge in [0.25, 0.3) is 17.7 Å². The van der Waals surface area contributed by atoms with Crippen LogP contribution < -0.4 is 4.74 Å². The predicted octanol–water partition coefficient (Wildman–Crippen LogP) is 6.27. The number of hydrogen-bond acceptors (Lipinski definition) is 6. The van der Waals surface area contributed by atoms with Gasteiger partial charge in [0.05, 0.1) is 27.4 Å². The fourth-order valence-corrected chi connectivity index (χ4v) is 7.44. The van der Waals surface area contributed by atoms with Gasteiger partial charge in [0, 0.05) is 15.6 Å². The number of amides is 3. The van der Waals surface area contributed by atoms with Gasteiger partial charge in [0.1, 0.15) is 12.3 Å². The van der Waals surface area contributed by atoms with Gasteiger partial charge in [-0.25, -0.2) is 9.80 Å². The Kier molecular flexibility index (Phi) is 7.22. The molecule has 3 aromatic carbocycles. The van der Waals surface area contributed by atoms with Crippen LogP contribution in [-0.2, 0) is 9.59 Å². The summed E-state index contributed by atoms with van der Waals surface area (Å²) in [6.07, 6.45) is 5.07. The quantitative estimate of drug-likeness (QED) is 0.0951. The van der Waals surface area contributed by atoms with Crippen LogP contribution in [0.3, 0.4) is 0 Å². The van der Waals surface area contributed by atoms with E-state index in [0.717, 1.165) is 20.9 Å². The summed E-state index contributed by atoms with van der Waals surface area (Å²) in [7, 11) is 0. The summed E-state index contributed by atoms with van der Waals surface area (Å²) in [5.74, 6) is -3.02. The van der Waals surface area contributed by atoms with Gasteiger partial charge in [-0.1, -0.05) is 51.3 Å². The monoisotopic (exact) mass is 692 g/mol. The molecular formula is C33H23BrCl2N2O6. The Morgan fingerprint density at radius 1 is 0.795 bits per heavy atom. The number of imide groups is 1. The fourth-order valence-electron chi connectivity index (χ4n) is 6.88. The highest BCUT2D eigenvalue weighted by molar-refractivity contribution is 9.10. The number of nitrogens with zero attached hydrogens (tertiary/aromatic N) is 2. The van der Waals surface area contributed by atoms with Crippen molar-refractivity contribution in [3.05, 3.63) is 110 Å². The zero-order chi connectivity index (χ0) is 30.9. The number of carbonyl (C=O) groups is 5. The molecule has 2 bridgehead atoms. The molecule has 6 atom stereocenters. The molecule has 8 nitrogen and oxygen atoms in total. The van der Waals surface area contributed by atoms with Crippen LogP contribution in [0.15, 0.2) is 83.4 Å². The Bertz CT molecular complexity index is 1740. The van der Waals surface area contributed by atoms with Crippen LogP contribution in [0.4, 0.5) is 0 Å². The van der Waals surface area contributed by atoms with E-state index in [2.05, 4.69) is 15.9 Å². The SMILES string of the molecule is O=C(CN(C(=O)c1ccc(Cl)c(Cl)c1)N1C(=O)[C@@H]2[C@H]3C=C[C@@H]([C@@H]4C[C@@H]34)[C@@H]2C1=O)c1ccc(OC(=O)c2ccc(Br)cc2)cc1. The summed E-state index contributed by atoms with van der Waals surface area (Å²) in [5, 5.41) is 2.15. The minimum atomic E-state index is -0.734. The van der Waals surface area contributed by atoms with E-state index in [-0.39, 0.29) is 38.8 Å². The van der Waals surface area contributed by atoms with E-state index >= 15 is 0 Å². The van der Waals surface area contributed by atoms with E-state index in [1.807, 2.05) is 12.2 Å². The number of carbonyl (C=O) groups excluding carboxylic acids is 5. The van der Waals surface area contributed by atoms with Crippen LogP contribution >= 0.6 is 39.1 Å². The molecule has 44 heavy (non-hydrogen) atoms. The molecule has 8 rings (SSSR count). The first-order valence-electron chi connectivity index (χ1n) is 14.1. The minimum absolute atomic E-state index is 0.0539. The molecule has 3 amide bonds. The third-order valence-corrected chi connectivity index (χ3v) is 10.3. The first kappa shape index (κ1) is 29.0. The van der Waals surface area contributed by atoms with Gasteiger partial charge >= 0.3 is 5.97 Å². The number of hydrogen-bond donors (Lipinski definition) is 0. The molecule has 11 heteroatoms. The van der Waals surface area contributed by atoms with Crippen LogP contribution in [0.1, 0.15) is 37.5 Å². The molecule has 1 heterocycles. The lowest BCUT2D eigenvalue weighted by molar-refractivity contribution is -0.154. The molecule has 0 spiro atoms. The van der Waals surface area contributed by atoms with Gasteiger partial charge in [0.2, 0.25) is 0 Å². The van der Waals surface area contributed by atoms with Gasteiger partial charge in [-0.15, -0.1) is 0 Å². The summed E-state index contributed by atoms with van der Waals surface area (Å²) >= 11 is 15.6. The Morgan fingerprint density at radius 3 is 1.95 bits per heavy atom. The number of hydrazine groups is 1. The number of rotatable bonds is 7. The predicted molar refractivity (Wildman–Crippen MR) is 164 cm³/mol. The van der Waals surface area contributed by atoms with Gasteiger partial charge < -0.3 is 4.74 Å². The molecule has 3 aromatic rings. The van der Waals surface area contributed by atoms with Crippen LogP contribution in [0.5, 0.6) is 5.75 Å². The van der Waals surface area contributed by atoms with Crippen molar-refractivity contribution >= 4 is 68.6 Å². The highest BCUT2D eigenvalue weighted by Gasteiger charge is 2.68. The standard InChI is InChI=1S/C33H23BrCl2N2O6/c34-19-6-1-17(2-7-19)33(43)44-20-8-3-16(4-9-20)27(39)15-37(30(40)18-5-12-25(35)26(36)13-18)38-31(41)28-21-10-11-22(24-14-23(21)24)29(28)32(38)42/h1-13,21-24,28-29H,14-15H2/t21-,22-,23-,24-,28-,29+/m0/s1. The van der Waals surface area contributed by atoms with Crippen molar-refractivity contribution in [2.45, 2.75) is 6.42 Å². The van der Waals surface area contributed by atoms with E-state index in [1.165, 1.54) is 42.5 Å². The number of ether oxygens (including phenoxy) is 1. The maximum Gasteiger partial charge on any atom is 0.343 e. The number of ketones is 1. The molecule has 3 fully saturated rings. The molecule has 1 saturated heterocycles. The van der Waals surface area contributed by atoms with Crippen molar-refractivity contribution in [1.29, 1.82) is 0 Å². The molecule has 0 radical (unpaired) electrons. The number of Topliss-reactive ketones (excluding diaryl/α,β-unsaturated/α-hetero) is 1. The molecule has 1 aliphatic heterocycles. The smallest absolute Gasteiger partial charge is 0.343 e. The number of halogens is 3. The van der Waals surface area contributed by atoms with Gasteiger partial charge in [-0.3, -0.25) is 19.2 Å². The van der Waals surface area contributed by atoms with Crippen molar-refractivity contribution in [3.8, 4) is 5.75 Å². The Morgan fingerprint density at radius 2 is 1.36 bits per heavy atom. The molecule has 2 saturated carbocycles. The summed E-state index contributed by atoms with van der Waals surface area (Å²) in [6.45, 7) is -0.580. The second-order valence-corrected chi connectivity index (χ2v) is 13.2. The van der Waals surface area contributed by atoms with Crippen molar-refractivity contribution in [3.63, 3.8) is 0 Å². The van der Waals surface area contributed by atoms with Crippen LogP contribution in [0, 0.1) is 35.5 Å². The minimum Gasteiger partial charge on any atom is -0.423 e. The Labute approximate surface area is 270 Å². The normalized spacial score (nSPS) is 25.8. The first-order valence-corrected chi connectivity index (χ1v) is 15.6. The zero-order valence-corrected chi connectivity index (χ0v) is 26.0. The Balaban J connectivity index is 1.15. The van der Waals surface area contributed by atoms with Crippen molar-refractivity contribution in [1.82, 2.24) is 10.0 Å². The summed E-state index contributed by atoms with van der Waals surface area (Å²) < 4.78 is 6.24. The fraction of sp³-hybridized carbons (Fsp3) is 0.242. The summed E-state index contributed by atoms with van der Waals surface area (Å²) in [6, 6.07) is 16.7. The topological polar surface area (TPSA) is 101 Å². The van der Waals surface area contributed by atoms with E-state index in [4.69, 9.17) is 27.9 Å². The summed E-state index contributed by atoms with van der Waals surface area (Å²) in [5.41, 5.74) is 0.618. The molecule has 0 unspecified atom stereocenters. The molecule has 0 aromatic heterocycles. The van der Waals surface area contributed by atoms with Crippen LogP contribution in [0.25, 0.3) is 0 Å². The van der Waals surface area contributed by atoms with Gasteiger partial charge in [-0.2, -0.15) is 5.01 Å². The second kappa shape index (κ2) is 11.0. The van der Waals surface area contributed by atoms with Crippen molar-refractivity contribution < 1.29 is 28.7 Å². The third-order valence-electron chi connectivity index (χ3n) is 9.04. The van der Waals surface area contributed by atoms with E-state index in [1.54, 1.807) is 24.3 Å². The van der Waals surface area contributed by atoms with Crippen LogP contribution in [-0.4, -0.2) is 46.0 Å². The maximum atomic E-state index is 13.9. The number of allylic oxidation sites excluding steroid dienone is 2. The lowest BCUT2D eigenvalue weighted by Gasteiger charge is -2.37.